The highest BCUT2D eigenvalue weighted by molar-refractivity contribution is 8.26. The van der Waals surface area contributed by atoms with Crippen molar-refractivity contribution in [1.29, 1.82) is 0 Å². The summed E-state index contributed by atoms with van der Waals surface area (Å²) in [7, 11) is 7.36. The lowest BCUT2D eigenvalue weighted by Gasteiger charge is -2.34. The van der Waals surface area contributed by atoms with Crippen molar-refractivity contribution in [2.24, 2.45) is 23.7 Å². The summed E-state index contributed by atoms with van der Waals surface area (Å²) in [5.41, 5.74) is 12.1. The van der Waals surface area contributed by atoms with E-state index in [1.807, 2.05) is 70.6 Å². The van der Waals surface area contributed by atoms with Crippen molar-refractivity contribution in [3.8, 4) is 88.3 Å². The number of aliphatic hydroxyl groups excluding tert-OH is 1. The van der Waals surface area contributed by atoms with Crippen LogP contribution in [0.1, 0.15) is 140 Å². The highest BCUT2D eigenvalue weighted by Crippen LogP contribution is 2.46. The summed E-state index contributed by atoms with van der Waals surface area (Å²) >= 11 is 11.7. The Balaban J connectivity index is 0.000000130. The quantitative estimate of drug-likeness (QED) is 0.0167. The van der Waals surface area contributed by atoms with E-state index in [9.17, 15) is 56.2 Å². The first kappa shape index (κ1) is 107. The van der Waals surface area contributed by atoms with Crippen molar-refractivity contribution in [3.05, 3.63) is 287 Å². The zero-order valence-corrected chi connectivity index (χ0v) is 87.6. The van der Waals surface area contributed by atoms with Crippen LogP contribution in [-0.2, 0) is 82.7 Å². The number of amides is 2. The number of alkyl halides is 1. The van der Waals surface area contributed by atoms with Crippen LogP contribution in [0.5, 0.6) is 46.0 Å². The van der Waals surface area contributed by atoms with Gasteiger partial charge >= 0.3 is 0 Å². The van der Waals surface area contributed by atoms with Crippen LogP contribution in [-0.4, -0.2) is 157 Å². The SMILES string of the molecule is CC(=O)N1CCN(Cc2ccc(-c3cc4nccc(Oc5ccc(CC(=O)CC6CC6)cc5F)c4s3)nc2)CC1.CC(=O)N1CCNCC1.O=C(Cc1ccc(Oc2ccnc3cc(-c4ccc(CCl)cn4)sc23)c(F)c1)CC1CC1.O=C(Cc1ccc(Oc2ccnc3cc(-c4ccc(CO)cn4)sc23)c(F)c1)CC1CC1.O=Cc1ccc(-c2cc3nccc(Oc4ccc(CC(=O)CC5CC5)cc4F)c3s2)nc1.O=S(Cl)Cl. The van der Waals surface area contributed by atoms with Gasteiger partial charge in [-0.05, 0) is 217 Å². The second kappa shape index (κ2) is 51.0. The minimum absolute atomic E-state index is 0.0573. The molecule has 4 aliphatic carbocycles. The molecule has 149 heavy (non-hydrogen) atoms. The second-order valence-electron chi connectivity index (χ2n) is 37.2. The number of halogens is 7. The largest absolute Gasteiger partial charge is 0.453 e. The fourth-order valence-electron chi connectivity index (χ4n) is 16.7. The highest BCUT2D eigenvalue weighted by atomic mass is 36.0. The molecule has 12 aromatic heterocycles. The highest BCUT2D eigenvalue weighted by Gasteiger charge is 2.30. The average molecular weight is 2170 g/mol. The van der Waals surface area contributed by atoms with Crippen molar-refractivity contribution in [3.63, 3.8) is 0 Å². The van der Waals surface area contributed by atoms with Gasteiger partial charge in [0.25, 0.3) is 0 Å². The number of rotatable bonds is 33. The number of hydrogen-bond acceptors (Lipinski definition) is 27. The van der Waals surface area contributed by atoms with Gasteiger partial charge in [0.1, 0.15) is 46.1 Å². The van der Waals surface area contributed by atoms with Crippen molar-refractivity contribution in [2.75, 3.05) is 52.4 Å². The van der Waals surface area contributed by atoms with Gasteiger partial charge in [0.15, 0.2) is 52.6 Å². The van der Waals surface area contributed by atoms with Gasteiger partial charge in [-0.3, -0.25) is 78.3 Å². The Bertz CT molecular complexity index is 7330. The Kier molecular flexibility index (Phi) is 36.7. The molecule has 37 heteroatoms. The van der Waals surface area contributed by atoms with E-state index >= 15 is 0 Å². The summed E-state index contributed by atoms with van der Waals surface area (Å²) in [6.45, 7) is 10.8. The fraction of sp³-hybridized carbons (Fsp3) is 0.295. The van der Waals surface area contributed by atoms with Crippen LogP contribution in [0.3, 0.4) is 0 Å². The molecule has 4 aromatic carbocycles. The van der Waals surface area contributed by atoms with Gasteiger partial charge in [0, 0.05) is 231 Å². The van der Waals surface area contributed by atoms with Gasteiger partial charge in [0.05, 0.1) is 89.8 Å². The molecule has 2 N–H and O–H groups in total. The smallest absolute Gasteiger partial charge is 0.219 e. The maximum absolute atomic E-state index is 14.9. The Morgan fingerprint density at radius 2 is 0.671 bits per heavy atom. The number of carbonyl (C=O) groups excluding carboxylic acids is 7. The predicted octanol–water partition coefficient (Wildman–Crippen LogP) is 25.0. The lowest BCUT2D eigenvalue weighted by molar-refractivity contribution is -0.131. The number of thiophene rings is 4. The van der Waals surface area contributed by atoms with E-state index in [2.05, 4.69) is 72.5 Å². The Morgan fingerprint density at radius 3 is 0.926 bits per heavy atom. The van der Waals surface area contributed by atoms with E-state index in [1.165, 1.54) is 75.8 Å². The van der Waals surface area contributed by atoms with Crippen molar-refractivity contribution < 1.29 is 79.4 Å². The van der Waals surface area contributed by atoms with Gasteiger partial charge < -0.3 is 39.2 Å². The summed E-state index contributed by atoms with van der Waals surface area (Å²) < 4.78 is 95.1. The number of nitrogens with one attached hydrogen (secondary N) is 1. The van der Waals surface area contributed by atoms with Crippen molar-refractivity contribution in [2.45, 2.75) is 136 Å². The van der Waals surface area contributed by atoms with Crippen molar-refractivity contribution in [1.82, 2.24) is 59.9 Å². The number of benzene rings is 4. The number of fused-ring (bicyclic) bond motifs is 4. The molecule has 6 aliphatic rings. The number of hydrogen-bond donors (Lipinski definition) is 2. The van der Waals surface area contributed by atoms with Gasteiger partial charge in [-0.25, -0.2) is 21.8 Å². The fourth-order valence-corrected chi connectivity index (χ4v) is 21.1. The summed E-state index contributed by atoms with van der Waals surface area (Å²) in [5.74, 6) is 4.01. The predicted molar refractivity (Wildman–Crippen MR) is 575 cm³/mol. The molecule has 22 rings (SSSR count). The number of ketones is 4. The summed E-state index contributed by atoms with van der Waals surface area (Å²) in [6.07, 6.45) is 26.5. The summed E-state index contributed by atoms with van der Waals surface area (Å²) in [4.78, 5) is 127. The molecular weight excluding hydrogens is 2060 g/mol. The maximum atomic E-state index is 14.9. The molecule has 14 heterocycles. The molecule has 0 atom stereocenters. The molecule has 2 amide bonds. The molecule has 0 spiro atoms. The molecule has 0 radical (unpaired) electrons. The van der Waals surface area contributed by atoms with Crippen LogP contribution in [0.25, 0.3) is 83.2 Å². The third kappa shape index (κ3) is 30.7. The number of Topliss-reactive ketones (excluding diaryl/α,β-unsaturated/α-hetero) is 4. The first-order valence-electron chi connectivity index (χ1n) is 48.8. The number of ether oxygens (including phenoxy) is 4. The third-order valence-electron chi connectivity index (χ3n) is 25.4. The first-order chi connectivity index (χ1) is 72.2. The topological polar surface area (TPSA) is 319 Å². The maximum Gasteiger partial charge on any atom is 0.219 e. The van der Waals surface area contributed by atoms with Crippen molar-refractivity contribution >= 4 is 170 Å². The normalized spacial score (nSPS) is 14.3. The lowest BCUT2D eigenvalue weighted by atomic mass is 10.0. The Labute approximate surface area is 889 Å². The van der Waals surface area contributed by atoms with Crippen LogP contribution in [0.15, 0.2) is 219 Å². The van der Waals surface area contributed by atoms with E-state index in [-0.39, 0.29) is 90.2 Å². The van der Waals surface area contributed by atoms with E-state index < -0.39 is 32.5 Å². The standard InChI is InChI=1S/C31H31FN4O3S.C25H20ClFN2O2S.C25H21FN2O3S.C25H19FN2O3S.C6H12N2O.Cl2OS/c1-20(37)36-12-10-35(11-13-36)19-23-4-6-26(34-18-23)30-17-27-31(40-30)29(8-9-33-27)39-28-7-5-22(16-25(28)32)15-24(38)14-21-2-3-21;26-13-17-3-5-20(29-14-17)24-12-21-25(32-24)23(7-8-28-21)31-22-6-4-16(11-19(22)27)10-18(30)9-15-1-2-15;2*26-19-11-16(10-18(30)9-15-1-2-15)4-6-22(19)31-23-7-8-27-21-12-24(32-25(21)23)20-5-3-17(14-29)13-28-20;1-6(9)8-4-2-7-3-5-8;1-4(2)3/h4-9,16-18,21H,2-3,10-15,19H2,1H3;3-8,11-12,14-15H,1-2,9-10,13H2;3-8,11-13,15,29H,1-2,9-10,14H2;3-8,11-15H,1-2,9-10H2;7H,2-5H2,1H3;. The minimum Gasteiger partial charge on any atom is -0.453 e. The molecule has 25 nitrogen and oxygen atoms in total. The van der Waals surface area contributed by atoms with Crippen LogP contribution >= 0.6 is 78.3 Å². The number of piperazine rings is 2. The van der Waals surface area contributed by atoms with Gasteiger partial charge in [-0.15, -0.1) is 56.9 Å². The first-order valence-corrected chi connectivity index (χ1v) is 55.4. The zero-order chi connectivity index (χ0) is 104. The zero-order valence-electron chi connectivity index (χ0n) is 81.2. The van der Waals surface area contributed by atoms with E-state index in [0.29, 0.717) is 112 Å². The molecule has 2 aliphatic heterocycles. The van der Waals surface area contributed by atoms with E-state index in [0.717, 1.165) is 211 Å². The van der Waals surface area contributed by atoms with Crippen LogP contribution in [0.4, 0.5) is 17.6 Å². The third-order valence-corrected chi connectivity index (χ3v) is 30.3. The second-order valence-corrected chi connectivity index (χ2v) is 44.2. The van der Waals surface area contributed by atoms with Gasteiger partial charge in [0.2, 0.25) is 21.0 Å². The molecule has 768 valence electrons. The average Bonchev–Trinajstić information content (AvgIpc) is 1.65. The molecule has 4 saturated carbocycles. The molecule has 0 unspecified atom stereocenters. The molecule has 16 aromatic rings. The summed E-state index contributed by atoms with van der Waals surface area (Å²) in [6, 6.07) is 48.5. The number of aliphatic hydroxyl groups is 1. The van der Waals surface area contributed by atoms with Crippen LogP contribution < -0.4 is 24.3 Å². The number of aldehydes is 1. The van der Waals surface area contributed by atoms with E-state index in [1.54, 1.807) is 136 Å². The van der Waals surface area contributed by atoms with E-state index in [4.69, 9.17) is 39.7 Å². The molecule has 6 fully saturated rings. The number of nitrogens with zero attached hydrogens (tertiary/aromatic N) is 11. The Morgan fingerprint density at radius 1 is 0.383 bits per heavy atom. The molecular formula is C112H103Cl3F4N12O13S5. The minimum atomic E-state index is -1.67. The van der Waals surface area contributed by atoms with Gasteiger partial charge in [-0.2, -0.15) is 0 Å². The molecule has 2 saturated heterocycles. The van der Waals surface area contributed by atoms with Crippen LogP contribution in [0.2, 0.25) is 0 Å². The lowest BCUT2D eigenvalue weighted by Crippen LogP contribution is -2.47. The Hall–Kier alpha value is -13.0. The van der Waals surface area contributed by atoms with Crippen LogP contribution in [0, 0.1) is 46.9 Å². The van der Waals surface area contributed by atoms with Gasteiger partial charge in [-0.1, -0.05) is 42.5 Å². The number of aromatic nitrogens is 8. The summed E-state index contributed by atoms with van der Waals surface area (Å²) in [5, 5.41) is 12.4. The number of carbonyl (C=O) groups is 7. The monoisotopic (exact) mass is 2160 g/mol. The molecule has 0 bridgehead atoms. The number of pyridine rings is 8.